The van der Waals surface area contributed by atoms with E-state index in [4.69, 9.17) is 21.6 Å². The molecule has 0 radical (unpaired) electrons. The zero-order valence-electron chi connectivity index (χ0n) is 21.8. The Morgan fingerprint density at radius 3 is 2.41 bits per heavy atom. The molecule has 3 aliphatic rings. The number of sulfone groups is 1. The minimum atomic E-state index is -3.47. The summed E-state index contributed by atoms with van der Waals surface area (Å²) in [6, 6.07) is 16.0. The molecule has 0 spiro atoms. The number of piperidine rings is 1. The zero-order valence-corrected chi connectivity index (χ0v) is 23.4. The maximum absolute atomic E-state index is 13.1. The number of aromatic nitrogens is 2. The minimum Gasteiger partial charge on any atom is -0.341 e. The first-order valence-corrected chi connectivity index (χ1v) is 15.7. The van der Waals surface area contributed by atoms with Crippen LogP contribution in [0.15, 0.2) is 53.4 Å². The molecule has 10 heteroatoms. The molecule has 7 nitrogen and oxygen atoms in total. The van der Waals surface area contributed by atoms with E-state index in [2.05, 4.69) is 27.2 Å². The van der Waals surface area contributed by atoms with Gasteiger partial charge in [0, 0.05) is 43.4 Å². The largest absolute Gasteiger partial charge is 0.341 e. The van der Waals surface area contributed by atoms with Crippen molar-refractivity contribution in [3.63, 3.8) is 0 Å². The van der Waals surface area contributed by atoms with E-state index in [1.54, 1.807) is 0 Å². The number of hydrogen-bond donors (Lipinski definition) is 1. The van der Waals surface area contributed by atoms with Crippen LogP contribution in [0.4, 0.5) is 21.8 Å². The third-order valence-corrected chi connectivity index (χ3v) is 10.2. The van der Waals surface area contributed by atoms with Crippen LogP contribution in [-0.2, 0) is 22.7 Å². The summed E-state index contributed by atoms with van der Waals surface area (Å²) in [5.74, 6) is 1.50. The summed E-state index contributed by atoms with van der Waals surface area (Å²) in [5, 5.41) is 4.04. The van der Waals surface area contributed by atoms with E-state index in [1.165, 1.54) is 5.56 Å². The Kier molecular flexibility index (Phi) is 7.48. The summed E-state index contributed by atoms with van der Waals surface area (Å²) in [6.45, 7) is 3.48. The standard InChI is InChI=1S/C29H33ClFN5O2S/c30-23-7-5-21(6-8-23)22-12-15-36(16-13-22)29-33-26-2-1-17-39(37,38)27(26)28(34-29)32-25-9-3-20(4-10-25)11-14-35-18-24(31)19-35/h3-10,22,24H,1-2,11-19H2,(H,32,33,34). The van der Waals surface area contributed by atoms with Gasteiger partial charge in [0.15, 0.2) is 15.7 Å². The van der Waals surface area contributed by atoms with Gasteiger partial charge in [0.2, 0.25) is 5.95 Å². The van der Waals surface area contributed by atoms with E-state index >= 15 is 0 Å². The SMILES string of the molecule is O=S1(=O)CCCc2nc(N3CCC(c4ccc(Cl)cc4)CC3)nc(Nc3ccc(CCN4CC(F)C4)cc3)c21. The van der Waals surface area contributed by atoms with Crippen LogP contribution in [0.5, 0.6) is 0 Å². The molecule has 2 saturated heterocycles. The lowest BCUT2D eigenvalue weighted by Crippen LogP contribution is -2.48. The summed E-state index contributed by atoms with van der Waals surface area (Å²) in [7, 11) is -3.47. The highest BCUT2D eigenvalue weighted by atomic mass is 35.5. The number of nitrogens with one attached hydrogen (secondary N) is 1. The predicted octanol–water partition coefficient (Wildman–Crippen LogP) is 5.17. The second-order valence-electron chi connectivity index (χ2n) is 10.8. The minimum absolute atomic E-state index is 0.110. The number of rotatable bonds is 7. The molecule has 0 bridgehead atoms. The lowest BCUT2D eigenvalue weighted by atomic mass is 9.89. The van der Waals surface area contributed by atoms with Crippen molar-refractivity contribution >= 4 is 38.9 Å². The molecule has 0 unspecified atom stereocenters. The first-order valence-electron chi connectivity index (χ1n) is 13.7. The summed E-state index contributed by atoms with van der Waals surface area (Å²) < 4.78 is 39.2. The van der Waals surface area contributed by atoms with Crippen molar-refractivity contribution < 1.29 is 12.8 Å². The van der Waals surface area contributed by atoms with Crippen molar-refractivity contribution in [3.8, 4) is 0 Å². The molecule has 1 N–H and O–H groups in total. The smallest absolute Gasteiger partial charge is 0.227 e. The Balaban J connectivity index is 1.20. The van der Waals surface area contributed by atoms with E-state index in [0.29, 0.717) is 49.3 Å². The van der Waals surface area contributed by atoms with Crippen molar-refractivity contribution in [2.75, 3.05) is 48.7 Å². The molecule has 0 atom stereocenters. The Morgan fingerprint density at radius 2 is 1.72 bits per heavy atom. The van der Waals surface area contributed by atoms with E-state index in [9.17, 15) is 12.8 Å². The van der Waals surface area contributed by atoms with Gasteiger partial charge >= 0.3 is 0 Å². The average molecular weight is 570 g/mol. The van der Waals surface area contributed by atoms with Crippen molar-refractivity contribution in [1.82, 2.24) is 14.9 Å². The van der Waals surface area contributed by atoms with Crippen molar-refractivity contribution in [1.29, 1.82) is 0 Å². The predicted molar refractivity (Wildman–Crippen MR) is 153 cm³/mol. The van der Waals surface area contributed by atoms with Crippen LogP contribution < -0.4 is 10.2 Å². The van der Waals surface area contributed by atoms with Gasteiger partial charge in [-0.05, 0) is 73.4 Å². The second-order valence-corrected chi connectivity index (χ2v) is 13.3. The highest BCUT2D eigenvalue weighted by Crippen LogP contribution is 2.35. The van der Waals surface area contributed by atoms with Crippen LogP contribution >= 0.6 is 11.6 Å². The van der Waals surface area contributed by atoms with Gasteiger partial charge in [0.25, 0.3) is 0 Å². The Bertz CT molecular complexity index is 1420. The number of anilines is 3. The van der Waals surface area contributed by atoms with E-state index < -0.39 is 16.0 Å². The van der Waals surface area contributed by atoms with Gasteiger partial charge in [-0.15, -0.1) is 0 Å². The number of halogens is 2. The van der Waals surface area contributed by atoms with Gasteiger partial charge in [0.1, 0.15) is 11.1 Å². The van der Waals surface area contributed by atoms with Gasteiger partial charge in [0.05, 0.1) is 11.4 Å². The van der Waals surface area contributed by atoms with Crippen LogP contribution in [0.1, 0.15) is 42.0 Å². The first-order chi connectivity index (χ1) is 18.8. The molecule has 4 heterocycles. The lowest BCUT2D eigenvalue weighted by molar-refractivity contribution is 0.0670. The maximum atomic E-state index is 13.1. The molecule has 2 aromatic carbocycles. The molecule has 1 aromatic heterocycles. The van der Waals surface area contributed by atoms with Gasteiger partial charge < -0.3 is 10.2 Å². The Morgan fingerprint density at radius 1 is 1.00 bits per heavy atom. The number of nitrogens with zero attached hydrogens (tertiary/aromatic N) is 4. The van der Waals surface area contributed by atoms with Crippen molar-refractivity contribution in [2.45, 2.75) is 49.1 Å². The van der Waals surface area contributed by atoms with Gasteiger partial charge in [-0.2, -0.15) is 4.98 Å². The van der Waals surface area contributed by atoms with Crippen LogP contribution in [0.25, 0.3) is 0 Å². The molecular formula is C29H33ClFN5O2S. The second kappa shape index (κ2) is 11.0. The third kappa shape index (κ3) is 5.90. The van der Waals surface area contributed by atoms with Crippen molar-refractivity contribution in [2.24, 2.45) is 0 Å². The van der Waals surface area contributed by atoms with E-state index in [1.807, 2.05) is 36.4 Å². The van der Waals surface area contributed by atoms with Crippen LogP contribution in [0.2, 0.25) is 5.02 Å². The van der Waals surface area contributed by atoms with Crippen LogP contribution in [0, 0.1) is 0 Å². The molecule has 3 aromatic rings. The number of fused-ring (bicyclic) bond motifs is 1. The highest BCUT2D eigenvalue weighted by molar-refractivity contribution is 7.91. The first kappa shape index (κ1) is 26.5. The normalized spacial score (nSPS) is 19.9. The van der Waals surface area contributed by atoms with E-state index in [-0.39, 0.29) is 10.6 Å². The van der Waals surface area contributed by atoms with E-state index in [0.717, 1.165) is 55.2 Å². The molecule has 39 heavy (non-hydrogen) atoms. The Hall–Kier alpha value is -2.75. The number of alkyl halides is 1. The quantitative estimate of drug-likeness (QED) is 0.420. The molecule has 6 rings (SSSR count). The van der Waals surface area contributed by atoms with Gasteiger partial charge in [-0.3, -0.25) is 4.90 Å². The highest BCUT2D eigenvalue weighted by Gasteiger charge is 2.32. The zero-order chi connectivity index (χ0) is 27.0. The third-order valence-electron chi connectivity index (χ3n) is 8.03. The molecule has 0 amide bonds. The van der Waals surface area contributed by atoms with Crippen molar-refractivity contribution in [3.05, 3.63) is 70.4 Å². The van der Waals surface area contributed by atoms with Crippen LogP contribution in [0.3, 0.4) is 0 Å². The molecule has 0 aliphatic carbocycles. The molecule has 2 fully saturated rings. The molecular weight excluding hydrogens is 537 g/mol. The fourth-order valence-electron chi connectivity index (χ4n) is 5.75. The fraction of sp³-hybridized carbons (Fsp3) is 0.448. The maximum Gasteiger partial charge on any atom is 0.227 e. The lowest BCUT2D eigenvalue weighted by Gasteiger charge is -2.34. The van der Waals surface area contributed by atoms with Gasteiger partial charge in [-0.1, -0.05) is 35.9 Å². The molecule has 206 valence electrons. The number of benzene rings is 2. The summed E-state index contributed by atoms with van der Waals surface area (Å²) in [5.41, 5.74) is 3.83. The summed E-state index contributed by atoms with van der Waals surface area (Å²) >= 11 is 6.06. The fourth-order valence-corrected chi connectivity index (χ4v) is 7.51. The molecule has 3 aliphatic heterocycles. The summed E-state index contributed by atoms with van der Waals surface area (Å²) in [6.07, 6.45) is 3.28. The van der Waals surface area contributed by atoms with Crippen LogP contribution in [-0.4, -0.2) is 67.9 Å². The van der Waals surface area contributed by atoms with Gasteiger partial charge in [-0.25, -0.2) is 17.8 Å². The summed E-state index contributed by atoms with van der Waals surface area (Å²) in [4.78, 5) is 14.1. The number of aryl methyl sites for hydroxylation is 1. The monoisotopic (exact) mass is 569 g/mol. The Labute approximate surface area is 234 Å². The number of likely N-dealkylation sites (tertiary alicyclic amines) is 1. The number of hydrogen-bond acceptors (Lipinski definition) is 7. The topological polar surface area (TPSA) is 78.4 Å². The molecule has 0 saturated carbocycles. The average Bonchev–Trinajstić information content (AvgIpc) is 2.91.